The third-order valence-electron chi connectivity index (χ3n) is 7.42. The maximum absolute atomic E-state index is 11.8. The molecular formula is C29H33N5O3S. The third kappa shape index (κ3) is 6.48. The molecule has 2 saturated carbocycles. The van der Waals surface area contributed by atoms with E-state index in [1.165, 1.54) is 6.42 Å². The van der Waals surface area contributed by atoms with Crippen molar-refractivity contribution in [1.29, 1.82) is 5.26 Å². The molecule has 0 bridgehead atoms. The maximum atomic E-state index is 11.8. The van der Waals surface area contributed by atoms with Gasteiger partial charge in [0, 0.05) is 65.0 Å². The second-order valence-electron chi connectivity index (χ2n) is 10.2. The van der Waals surface area contributed by atoms with Crippen LogP contribution in [-0.2, 0) is 15.6 Å². The second kappa shape index (κ2) is 11.9. The van der Waals surface area contributed by atoms with Crippen molar-refractivity contribution >= 4 is 22.4 Å². The summed E-state index contributed by atoms with van der Waals surface area (Å²) >= 11 is 0. The van der Waals surface area contributed by atoms with Gasteiger partial charge < -0.3 is 14.6 Å². The van der Waals surface area contributed by atoms with E-state index in [1.54, 1.807) is 18.7 Å². The molecule has 2 aromatic heterocycles. The molecule has 0 radical (unpaired) electrons. The summed E-state index contributed by atoms with van der Waals surface area (Å²) in [6.45, 7) is 1.70. The fourth-order valence-corrected chi connectivity index (χ4v) is 5.91. The lowest BCUT2D eigenvalue weighted by Gasteiger charge is -2.28. The Morgan fingerprint density at radius 1 is 1.08 bits per heavy atom. The summed E-state index contributed by atoms with van der Waals surface area (Å²) in [5.74, 6) is 2.36. The molecule has 198 valence electrons. The van der Waals surface area contributed by atoms with Gasteiger partial charge >= 0.3 is 0 Å². The van der Waals surface area contributed by atoms with Crippen LogP contribution in [0, 0.1) is 17.2 Å². The number of hydrogen-bond acceptors (Lipinski definition) is 7. The average molecular weight is 532 g/mol. The van der Waals surface area contributed by atoms with Crippen LogP contribution in [0.15, 0.2) is 59.5 Å². The number of pyridine rings is 1. The Morgan fingerprint density at radius 2 is 1.82 bits per heavy atom. The fourth-order valence-electron chi connectivity index (χ4n) is 4.86. The molecule has 0 spiro atoms. The SMILES string of the molecule is N#CC1(NC(=O)C2CCCCC2)CC1.O=S1CCN(c2ccc(-c3coc(-c4cccnc4)n3)cc2)CC1. The lowest BCUT2D eigenvalue weighted by molar-refractivity contribution is -0.126. The van der Waals surface area contributed by atoms with Gasteiger partial charge in [-0.2, -0.15) is 5.26 Å². The van der Waals surface area contributed by atoms with E-state index in [0.29, 0.717) is 5.89 Å². The van der Waals surface area contributed by atoms with Gasteiger partial charge in [0.05, 0.1) is 11.6 Å². The highest BCUT2D eigenvalue weighted by Gasteiger charge is 2.45. The largest absolute Gasteiger partial charge is 0.444 e. The highest BCUT2D eigenvalue weighted by Crippen LogP contribution is 2.35. The van der Waals surface area contributed by atoms with E-state index in [1.807, 2.05) is 24.3 Å². The molecule has 3 fully saturated rings. The zero-order valence-electron chi connectivity index (χ0n) is 21.5. The van der Waals surface area contributed by atoms with E-state index in [4.69, 9.17) is 9.68 Å². The smallest absolute Gasteiger partial charge is 0.228 e. The van der Waals surface area contributed by atoms with Gasteiger partial charge in [0.25, 0.3) is 0 Å². The minimum atomic E-state index is -0.653. The van der Waals surface area contributed by atoms with Crippen molar-refractivity contribution in [3.63, 3.8) is 0 Å². The second-order valence-corrected chi connectivity index (χ2v) is 11.9. The van der Waals surface area contributed by atoms with Crippen LogP contribution in [0.1, 0.15) is 44.9 Å². The molecule has 1 N–H and O–H groups in total. The van der Waals surface area contributed by atoms with Gasteiger partial charge in [-0.25, -0.2) is 4.98 Å². The monoisotopic (exact) mass is 531 g/mol. The molecule has 6 rings (SSSR count). The topological polar surface area (TPSA) is 112 Å². The number of oxazole rings is 1. The number of nitriles is 1. The van der Waals surface area contributed by atoms with Gasteiger partial charge in [-0.1, -0.05) is 31.4 Å². The Labute approximate surface area is 225 Å². The minimum Gasteiger partial charge on any atom is -0.444 e. The molecule has 1 amide bonds. The average Bonchev–Trinajstić information content (AvgIpc) is 3.57. The first-order valence-corrected chi connectivity index (χ1v) is 14.8. The van der Waals surface area contributed by atoms with E-state index in [2.05, 4.69) is 38.4 Å². The Bertz CT molecular complexity index is 1280. The number of carbonyl (C=O) groups excluding carboxylic acids is 1. The Balaban J connectivity index is 0.000000179. The van der Waals surface area contributed by atoms with Crippen LogP contribution in [-0.4, -0.2) is 50.2 Å². The number of nitrogens with zero attached hydrogens (tertiary/aromatic N) is 4. The lowest BCUT2D eigenvalue weighted by Crippen LogP contribution is -2.40. The van der Waals surface area contributed by atoms with Crippen LogP contribution in [0.5, 0.6) is 0 Å². The molecule has 3 aromatic rings. The zero-order chi connectivity index (χ0) is 26.4. The zero-order valence-corrected chi connectivity index (χ0v) is 22.3. The molecule has 0 atom stereocenters. The molecule has 3 aliphatic rings. The number of rotatable bonds is 5. The van der Waals surface area contributed by atoms with E-state index in [9.17, 15) is 9.00 Å². The number of carbonyl (C=O) groups is 1. The summed E-state index contributed by atoms with van der Waals surface area (Å²) < 4.78 is 17.0. The van der Waals surface area contributed by atoms with E-state index in [-0.39, 0.29) is 11.8 Å². The van der Waals surface area contributed by atoms with Crippen molar-refractivity contribution in [2.75, 3.05) is 29.5 Å². The standard InChI is InChI=1S/C18H17N3O2S.C11H16N2O/c22-24-10-8-21(9-11-24)16-5-3-14(4-6-16)17-13-23-18(20-17)15-2-1-7-19-12-15;12-8-11(6-7-11)13-10(14)9-4-2-1-3-5-9/h1-7,12-13H,8-11H2;9H,1-7H2,(H,13,14). The number of anilines is 1. The van der Waals surface area contributed by atoms with Crippen molar-refractivity contribution in [3.8, 4) is 28.8 Å². The van der Waals surface area contributed by atoms with Crippen molar-refractivity contribution in [2.45, 2.75) is 50.5 Å². The third-order valence-corrected chi connectivity index (χ3v) is 8.70. The number of hydrogen-bond donors (Lipinski definition) is 1. The van der Waals surface area contributed by atoms with E-state index < -0.39 is 16.3 Å². The van der Waals surface area contributed by atoms with Crippen molar-refractivity contribution < 1.29 is 13.4 Å². The van der Waals surface area contributed by atoms with E-state index in [0.717, 1.165) is 85.6 Å². The molecule has 1 saturated heterocycles. The molecule has 3 heterocycles. The van der Waals surface area contributed by atoms with Gasteiger partial charge in [-0.05, 0) is 49.9 Å². The highest BCUT2D eigenvalue weighted by atomic mass is 32.2. The van der Waals surface area contributed by atoms with E-state index >= 15 is 0 Å². The highest BCUT2D eigenvalue weighted by molar-refractivity contribution is 7.85. The Hall–Kier alpha value is -3.51. The van der Waals surface area contributed by atoms with Crippen molar-refractivity contribution in [1.82, 2.24) is 15.3 Å². The Kier molecular flexibility index (Phi) is 8.18. The summed E-state index contributed by atoms with van der Waals surface area (Å²) in [6, 6.07) is 14.2. The van der Waals surface area contributed by atoms with Crippen LogP contribution in [0.3, 0.4) is 0 Å². The molecular weight excluding hydrogens is 498 g/mol. The Morgan fingerprint density at radius 3 is 2.45 bits per heavy atom. The van der Waals surface area contributed by atoms with Gasteiger partial charge in [-0.3, -0.25) is 14.0 Å². The molecule has 38 heavy (non-hydrogen) atoms. The molecule has 0 unspecified atom stereocenters. The van der Waals surface area contributed by atoms with Gasteiger partial charge in [0.15, 0.2) is 0 Å². The van der Waals surface area contributed by atoms with Crippen LogP contribution < -0.4 is 10.2 Å². The predicted octanol–water partition coefficient (Wildman–Crippen LogP) is 4.71. The minimum absolute atomic E-state index is 0.115. The van der Waals surface area contributed by atoms with Crippen LogP contribution >= 0.6 is 0 Å². The first-order chi connectivity index (χ1) is 18.5. The molecule has 8 nitrogen and oxygen atoms in total. The summed E-state index contributed by atoms with van der Waals surface area (Å²) in [4.78, 5) is 22.7. The summed E-state index contributed by atoms with van der Waals surface area (Å²) in [5, 5.41) is 11.7. The molecule has 1 aromatic carbocycles. The van der Waals surface area contributed by atoms with Crippen LogP contribution in [0.25, 0.3) is 22.7 Å². The van der Waals surface area contributed by atoms with Crippen molar-refractivity contribution in [2.24, 2.45) is 5.92 Å². The maximum Gasteiger partial charge on any atom is 0.228 e. The summed E-state index contributed by atoms with van der Waals surface area (Å²) in [5.41, 5.74) is 3.36. The fraction of sp³-hybridized carbons (Fsp3) is 0.448. The number of aromatic nitrogens is 2. The number of amides is 1. The summed E-state index contributed by atoms with van der Waals surface area (Å²) in [7, 11) is -0.653. The normalized spacial score (nSPS) is 19.1. The number of nitrogens with one attached hydrogen (secondary N) is 1. The number of benzene rings is 1. The van der Waals surface area contributed by atoms with Gasteiger partial charge in [0.2, 0.25) is 11.8 Å². The molecule has 9 heteroatoms. The van der Waals surface area contributed by atoms with Crippen LogP contribution in [0.4, 0.5) is 5.69 Å². The predicted molar refractivity (Wildman–Crippen MR) is 148 cm³/mol. The molecule has 2 aliphatic carbocycles. The first-order valence-electron chi connectivity index (χ1n) is 13.3. The molecule has 1 aliphatic heterocycles. The van der Waals surface area contributed by atoms with Gasteiger partial charge in [-0.15, -0.1) is 0 Å². The van der Waals surface area contributed by atoms with Gasteiger partial charge in [0.1, 0.15) is 17.5 Å². The summed E-state index contributed by atoms with van der Waals surface area (Å²) in [6.07, 6.45) is 12.4. The van der Waals surface area contributed by atoms with Crippen LogP contribution in [0.2, 0.25) is 0 Å². The lowest BCUT2D eigenvalue weighted by atomic mass is 9.88. The quantitative estimate of drug-likeness (QED) is 0.507. The van der Waals surface area contributed by atoms with Crippen molar-refractivity contribution in [3.05, 3.63) is 55.1 Å². The first kappa shape index (κ1) is 26.1.